The standard InChI is InChI=1S/C27H31FN8O2/c1-16-10-21(32-22(11-16)33-23-12-17(2)34-35-23)27(38)8-6-26(7-9-27,25(29)37)18(3)19-4-5-24(30-13-19)36-15-20(28)14-31-36/h4-5,10-15,18,38H,6-9H2,1-3H3,(H2,29,37)(H2,32,33,34,35)/t18-,26?,27?/m0/s1. The fraction of sp³-hybridized carbons (Fsp3) is 0.370. The molecule has 38 heavy (non-hydrogen) atoms. The van der Waals surface area contributed by atoms with Crippen molar-refractivity contribution in [2.75, 3.05) is 5.32 Å². The molecule has 0 radical (unpaired) electrons. The molecule has 0 saturated heterocycles. The van der Waals surface area contributed by atoms with E-state index in [1.807, 2.05) is 45.0 Å². The maximum absolute atomic E-state index is 13.3. The van der Waals surface area contributed by atoms with Gasteiger partial charge >= 0.3 is 0 Å². The van der Waals surface area contributed by atoms with Crippen LogP contribution in [0.4, 0.5) is 16.0 Å². The Kier molecular flexibility index (Phi) is 6.47. The van der Waals surface area contributed by atoms with Crippen molar-refractivity contribution in [3.8, 4) is 5.82 Å². The molecule has 1 fully saturated rings. The molecule has 1 amide bonds. The quantitative estimate of drug-likeness (QED) is 0.290. The summed E-state index contributed by atoms with van der Waals surface area (Å²) < 4.78 is 14.7. The molecule has 1 atom stereocenters. The van der Waals surface area contributed by atoms with Crippen LogP contribution in [-0.2, 0) is 10.4 Å². The summed E-state index contributed by atoms with van der Waals surface area (Å²) in [7, 11) is 0. The monoisotopic (exact) mass is 518 g/mol. The summed E-state index contributed by atoms with van der Waals surface area (Å²) in [6.45, 7) is 5.82. The highest BCUT2D eigenvalue weighted by Crippen LogP contribution is 2.52. The maximum atomic E-state index is 13.3. The van der Waals surface area contributed by atoms with Gasteiger partial charge in [-0.05, 0) is 74.8 Å². The van der Waals surface area contributed by atoms with Crippen molar-refractivity contribution in [1.29, 1.82) is 0 Å². The van der Waals surface area contributed by atoms with Crippen molar-refractivity contribution in [1.82, 2.24) is 29.9 Å². The predicted molar refractivity (Wildman–Crippen MR) is 139 cm³/mol. The highest BCUT2D eigenvalue weighted by Gasteiger charge is 2.50. The Hall–Kier alpha value is -4.12. The number of halogens is 1. The molecule has 5 N–H and O–H groups in total. The number of amides is 1. The van der Waals surface area contributed by atoms with Crippen LogP contribution in [0.3, 0.4) is 0 Å². The molecule has 11 heteroatoms. The van der Waals surface area contributed by atoms with Crippen LogP contribution in [0.25, 0.3) is 5.82 Å². The first-order valence-electron chi connectivity index (χ1n) is 12.5. The molecule has 4 heterocycles. The predicted octanol–water partition coefficient (Wildman–Crippen LogP) is 3.92. The number of rotatable bonds is 7. The van der Waals surface area contributed by atoms with Crippen LogP contribution >= 0.6 is 0 Å². The summed E-state index contributed by atoms with van der Waals surface area (Å²) in [6, 6.07) is 9.23. The fourth-order valence-electron chi connectivity index (χ4n) is 5.38. The van der Waals surface area contributed by atoms with E-state index in [9.17, 15) is 14.3 Å². The second-order valence-corrected chi connectivity index (χ2v) is 10.3. The van der Waals surface area contributed by atoms with Gasteiger partial charge in [0.15, 0.2) is 17.5 Å². The smallest absolute Gasteiger partial charge is 0.224 e. The molecule has 1 saturated carbocycles. The van der Waals surface area contributed by atoms with Crippen molar-refractivity contribution in [3.05, 3.63) is 77.3 Å². The van der Waals surface area contributed by atoms with Crippen LogP contribution < -0.4 is 11.1 Å². The van der Waals surface area contributed by atoms with E-state index < -0.39 is 22.7 Å². The summed E-state index contributed by atoms with van der Waals surface area (Å²) in [4.78, 5) is 22.0. The lowest BCUT2D eigenvalue weighted by Crippen LogP contribution is -2.47. The van der Waals surface area contributed by atoms with Crippen molar-refractivity contribution in [2.24, 2.45) is 11.1 Å². The lowest BCUT2D eigenvalue weighted by atomic mass is 9.60. The highest BCUT2D eigenvalue weighted by molar-refractivity contribution is 5.82. The van der Waals surface area contributed by atoms with E-state index in [1.165, 1.54) is 10.9 Å². The van der Waals surface area contributed by atoms with Gasteiger partial charge in [-0.2, -0.15) is 10.2 Å². The minimum absolute atomic E-state index is 0.244. The largest absolute Gasteiger partial charge is 0.384 e. The van der Waals surface area contributed by atoms with Crippen LogP contribution in [0.2, 0.25) is 0 Å². The Morgan fingerprint density at radius 1 is 1.16 bits per heavy atom. The maximum Gasteiger partial charge on any atom is 0.224 e. The Bertz CT molecular complexity index is 1450. The third kappa shape index (κ3) is 4.76. The van der Waals surface area contributed by atoms with Crippen LogP contribution in [-0.4, -0.2) is 41.0 Å². The number of anilines is 2. The number of carbonyl (C=O) groups is 1. The topological polar surface area (TPSA) is 148 Å². The van der Waals surface area contributed by atoms with Gasteiger partial charge in [0.05, 0.1) is 23.5 Å². The van der Waals surface area contributed by atoms with Gasteiger partial charge < -0.3 is 16.2 Å². The first-order valence-corrected chi connectivity index (χ1v) is 12.5. The number of primary amides is 1. The summed E-state index contributed by atoms with van der Waals surface area (Å²) in [5.74, 6) is 0.596. The molecule has 0 bridgehead atoms. The number of nitrogens with zero attached hydrogens (tertiary/aromatic N) is 5. The number of H-pyrrole nitrogens is 1. The molecule has 0 aromatic carbocycles. The van der Waals surface area contributed by atoms with E-state index in [-0.39, 0.29) is 5.92 Å². The first-order chi connectivity index (χ1) is 18.1. The summed E-state index contributed by atoms with van der Waals surface area (Å²) in [6.07, 6.45) is 5.47. The van der Waals surface area contributed by atoms with E-state index in [1.54, 1.807) is 12.3 Å². The number of hydrogen-bond donors (Lipinski definition) is 4. The molecule has 1 aliphatic rings. The van der Waals surface area contributed by atoms with E-state index in [0.29, 0.717) is 48.8 Å². The lowest BCUT2D eigenvalue weighted by Gasteiger charge is -2.45. The van der Waals surface area contributed by atoms with E-state index >= 15 is 0 Å². The van der Waals surface area contributed by atoms with Gasteiger partial charge in [-0.25, -0.2) is 19.0 Å². The SMILES string of the molecule is Cc1cc(Nc2cc(C)[nH]n2)nc(C2(O)CCC(C(N)=O)([C@@H](C)c3ccc(-n4cc(F)cn4)nc3)CC2)c1. The van der Waals surface area contributed by atoms with Crippen LogP contribution in [0.5, 0.6) is 0 Å². The molecule has 0 spiro atoms. The molecular weight excluding hydrogens is 487 g/mol. The number of aliphatic hydroxyl groups is 1. The van der Waals surface area contributed by atoms with Gasteiger partial charge in [-0.1, -0.05) is 13.0 Å². The second kappa shape index (κ2) is 9.64. The average molecular weight is 519 g/mol. The van der Waals surface area contributed by atoms with E-state index in [2.05, 4.69) is 25.6 Å². The number of nitrogens with one attached hydrogen (secondary N) is 2. The van der Waals surface area contributed by atoms with Gasteiger partial charge in [0.25, 0.3) is 0 Å². The van der Waals surface area contributed by atoms with Crippen LogP contribution in [0, 0.1) is 25.1 Å². The summed E-state index contributed by atoms with van der Waals surface area (Å²) in [5.41, 5.74) is 7.19. The molecule has 5 rings (SSSR count). The molecule has 0 aliphatic heterocycles. The summed E-state index contributed by atoms with van der Waals surface area (Å²) >= 11 is 0. The van der Waals surface area contributed by atoms with Gasteiger partial charge in [0.2, 0.25) is 5.91 Å². The average Bonchev–Trinajstić information content (AvgIpc) is 3.51. The number of nitrogens with two attached hydrogens (primary N) is 1. The highest BCUT2D eigenvalue weighted by atomic mass is 19.1. The van der Waals surface area contributed by atoms with Crippen molar-refractivity contribution in [2.45, 2.75) is 58.0 Å². The van der Waals surface area contributed by atoms with Crippen LogP contribution in [0.1, 0.15) is 61.0 Å². The third-order valence-corrected chi connectivity index (χ3v) is 7.75. The normalized spacial score (nSPS) is 22.2. The number of aromatic nitrogens is 6. The minimum Gasteiger partial charge on any atom is -0.384 e. The number of aryl methyl sites for hydroxylation is 2. The third-order valence-electron chi connectivity index (χ3n) is 7.75. The van der Waals surface area contributed by atoms with E-state index in [4.69, 9.17) is 10.7 Å². The van der Waals surface area contributed by atoms with E-state index in [0.717, 1.165) is 23.0 Å². The Labute approximate surface area is 219 Å². The first kappa shape index (κ1) is 25.5. The van der Waals surface area contributed by atoms with Crippen LogP contribution in [0.15, 0.2) is 48.9 Å². The lowest BCUT2D eigenvalue weighted by molar-refractivity contribution is -0.136. The Balaban J connectivity index is 1.36. The Morgan fingerprint density at radius 2 is 1.92 bits per heavy atom. The zero-order chi connectivity index (χ0) is 27.1. The van der Waals surface area contributed by atoms with Crippen molar-refractivity contribution >= 4 is 17.5 Å². The fourth-order valence-corrected chi connectivity index (χ4v) is 5.38. The molecule has 0 unspecified atom stereocenters. The van der Waals surface area contributed by atoms with Gasteiger partial charge in [-0.15, -0.1) is 0 Å². The molecule has 198 valence electrons. The number of carbonyl (C=O) groups excluding carboxylic acids is 1. The zero-order valence-corrected chi connectivity index (χ0v) is 21.6. The molecular formula is C27H31FN8O2. The van der Waals surface area contributed by atoms with Gasteiger partial charge in [0, 0.05) is 18.0 Å². The number of aromatic amines is 1. The summed E-state index contributed by atoms with van der Waals surface area (Å²) in [5, 5.41) is 25.9. The molecule has 4 aromatic rings. The van der Waals surface area contributed by atoms with Gasteiger partial charge in [-0.3, -0.25) is 9.89 Å². The Morgan fingerprint density at radius 3 is 2.50 bits per heavy atom. The van der Waals surface area contributed by atoms with Crippen molar-refractivity contribution in [3.63, 3.8) is 0 Å². The number of pyridine rings is 2. The molecule has 1 aliphatic carbocycles. The minimum atomic E-state index is -1.20. The molecule has 4 aromatic heterocycles. The van der Waals surface area contributed by atoms with Gasteiger partial charge in [0.1, 0.15) is 11.4 Å². The molecule has 10 nitrogen and oxygen atoms in total. The number of hydrogen-bond acceptors (Lipinski definition) is 7. The second-order valence-electron chi connectivity index (χ2n) is 10.3. The van der Waals surface area contributed by atoms with Crippen molar-refractivity contribution < 1.29 is 14.3 Å². The zero-order valence-electron chi connectivity index (χ0n) is 21.6.